The summed E-state index contributed by atoms with van der Waals surface area (Å²) in [6.45, 7) is 6.67. The molecule has 0 aliphatic carbocycles. The summed E-state index contributed by atoms with van der Waals surface area (Å²) >= 11 is 1.91. The van der Waals surface area contributed by atoms with Gasteiger partial charge in [0.05, 0.1) is 10.7 Å². The molecule has 1 fully saturated rings. The predicted octanol–water partition coefficient (Wildman–Crippen LogP) is 2.48. The van der Waals surface area contributed by atoms with Crippen molar-refractivity contribution in [1.82, 2.24) is 10.3 Å². The fourth-order valence-corrected chi connectivity index (χ4v) is 3.21. The molecule has 2 rings (SSSR count). The number of nitrogens with one attached hydrogen (secondary N) is 1. The van der Waals surface area contributed by atoms with Gasteiger partial charge in [0.25, 0.3) is 0 Å². The number of aryl methyl sites for hydroxylation is 2. The summed E-state index contributed by atoms with van der Waals surface area (Å²) in [7, 11) is 0. The predicted molar refractivity (Wildman–Crippen MR) is 61.1 cm³/mol. The fourth-order valence-electron chi connectivity index (χ4n) is 2.07. The normalized spacial score (nSPS) is 22.6. The first-order valence-corrected chi connectivity index (χ1v) is 6.29. The standard InChI is InChI=1S/C11H18N2S/c1-3-10-13-8(2)11(14-10)9-5-4-6-12-7-9/h9,12H,3-7H2,1-2H3. The molecule has 1 aromatic heterocycles. The molecule has 1 N–H and O–H groups in total. The van der Waals surface area contributed by atoms with E-state index in [0.29, 0.717) is 0 Å². The molecule has 0 amide bonds. The van der Waals surface area contributed by atoms with Crippen LogP contribution in [0.5, 0.6) is 0 Å². The number of aromatic nitrogens is 1. The Kier molecular flexibility index (Phi) is 3.19. The highest BCUT2D eigenvalue weighted by Gasteiger charge is 2.19. The van der Waals surface area contributed by atoms with E-state index in [9.17, 15) is 0 Å². The van der Waals surface area contributed by atoms with E-state index in [2.05, 4.69) is 24.1 Å². The Bertz CT molecular complexity index is 300. The van der Waals surface area contributed by atoms with E-state index >= 15 is 0 Å². The minimum absolute atomic E-state index is 0.724. The fraction of sp³-hybridized carbons (Fsp3) is 0.727. The third kappa shape index (κ3) is 1.98. The molecule has 2 nitrogen and oxygen atoms in total. The van der Waals surface area contributed by atoms with Crippen LogP contribution in [0.15, 0.2) is 0 Å². The molecule has 0 spiro atoms. The number of piperidine rings is 1. The summed E-state index contributed by atoms with van der Waals surface area (Å²) in [6.07, 6.45) is 3.72. The molecule has 0 aromatic carbocycles. The highest BCUT2D eigenvalue weighted by molar-refractivity contribution is 7.11. The average molecular weight is 210 g/mol. The third-order valence-electron chi connectivity index (χ3n) is 2.85. The van der Waals surface area contributed by atoms with Crippen molar-refractivity contribution in [2.75, 3.05) is 13.1 Å². The number of hydrogen-bond donors (Lipinski definition) is 1. The third-order valence-corrected chi connectivity index (χ3v) is 4.31. The van der Waals surface area contributed by atoms with E-state index in [4.69, 9.17) is 0 Å². The molecule has 1 aromatic rings. The maximum absolute atomic E-state index is 4.60. The average Bonchev–Trinajstić information content (AvgIpc) is 2.61. The molecule has 0 bridgehead atoms. The van der Waals surface area contributed by atoms with Crippen LogP contribution in [0.25, 0.3) is 0 Å². The molecule has 1 atom stereocenters. The van der Waals surface area contributed by atoms with Crippen LogP contribution in [0, 0.1) is 6.92 Å². The maximum Gasteiger partial charge on any atom is 0.0928 e. The van der Waals surface area contributed by atoms with Crippen molar-refractivity contribution in [2.24, 2.45) is 0 Å². The van der Waals surface area contributed by atoms with Gasteiger partial charge in [-0.15, -0.1) is 11.3 Å². The van der Waals surface area contributed by atoms with Crippen molar-refractivity contribution < 1.29 is 0 Å². The van der Waals surface area contributed by atoms with Gasteiger partial charge in [-0.2, -0.15) is 0 Å². The van der Waals surface area contributed by atoms with Gasteiger partial charge in [-0.3, -0.25) is 0 Å². The summed E-state index contributed by atoms with van der Waals surface area (Å²) in [5.74, 6) is 0.724. The Hall–Kier alpha value is -0.410. The maximum atomic E-state index is 4.60. The van der Waals surface area contributed by atoms with E-state index in [0.717, 1.165) is 18.9 Å². The molecule has 78 valence electrons. The lowest BCUT2D eigenvalue weighted by atomic mass is 9.97. The number of nitrogens with zero attached hydrogens (tertiary/aromatic N) is 1. The van der Waals surface area contributed by atoms with E-state index in [-0.39, 0.29) is 0 Å². The minimum atomic E-state index is 0.724. The molecule has 0 radical (unpaired) electrons. The van der Waals surface area contributed by atoms with Crippen LogP contribution in [0.4, 0.5) is 0 Å². The summed E-state index contributed by atoms with van der Waals surface area (Å²) < 4.78 is 0. The Morgan fingerprint density at radius 1 is 1.57 bits per heavy atom. The van der Waals surface area contributed by atoms with Gasteiger partial charge in [0.15, 0.2) is 0 Å². The van der Waals surface area contributed by atoms with Crippen LogP contribution in [0.2, 0.25) is 0 Å². The summed E-state index contributed by atoms with van der Waals surface area (Å²) in [6, 6.07) is 0. The second kappa shape index (κ2) is 4.41. The first-order chi connectivity index (χ1) is 6.81. The van der Waals surface area contributed by atoms with Crippen LogP contribution in [0.1, 0.15) is 41.3 Å². The molecule has 1 saturated heterocycles. The molecular formula is C11H18N2S. The van der Waals surface area contributed by atoms with Crippen LogP contribution < -0.4 is 5.32 Å². The SMILES string of the molecule is CCc1nc(C)c(C2CCCNC2)s1. The van der Waals surface area contributed by atoms with Crippen molar-refractivity contribution in [3.63, 3.8) is 0 Å². The molecule has 1 unspecified atom stereocenters. The molecule has 14 heavy (non-hydrogen) atoms. The van der Waals surface area contributed by atoms with Crippen molar-refractivity contribution in [3.8, 4) is 0 Å². The van der Waals surface area contributed by atoms with E-state index in [1.165, 1.54) is 35.0 Å². The largest absolute Gasteiger partial charge is 0.316 e. The lowest BCUT2D eigenvalue weighted by Gasteiger charge is -2.21. The monoisotopic (exact) mass is 210 g/mol. The Balaban J connectivity index is 2.17. The van der Waals surface area contributed by atoms with Gasteiger partial charge in [0, 0.05) is 17.3 Å². The van der Waals surface area contributed by atoms with Gasteiger partial charge < -0.3 is 5.32 Å². The minimum Gasteiger partial charge on any atom is -0.316 e. The van der Waals surface area contributed by atoms with Crippen molar-refractivity contribution in [2.45, 2.75) is 39.0 Å². The number of thiazole rings is 1. The van der Waals surface area contributed by atoms with Gasteiger partial charge in [-0.25, -0.2) is 4.98 Å². The van der Waals surface area contributed by atoms with Gasteiger partial charge in [-0.1, -0.05) is 6.92 Å². The quantitative estimate of drug-likeness (QED) is 0.811. The molecular weight excluding hydrogens is 192 g/mol. The van der Waals surface area contributed by atoms with E-state index in [1.807, 2.05) is 11.3 Å². The van der Waals surface area contributed by atoms with Crippen LogP contribution in [-0.2, 0) is 6.42 Å². The Morgan fingerprint density at radius 3 is 3.00 bits per heavy atom. The van der Waals surface area contributed by atoms with Crippen molar-refractivity contribution >= 4 is 11.3 Å². The molecule has 2 heterocycles. The first kappa shape index (κ1) is 10.1. The second-order valence-electron chi connectivity index (χ2n) is 3.95. The van der Waals surface area contributed by atoms with E-state index < -0.39 is 0 Å². The van der Waals surface area contributed by atoms with Gasteiger partial charge in [-0.05, 0) is 32.7 Å². The van der Waals surface area contributed by atoms with E-state index in [1.54, 1.807) is 0 Å². The lowest BCUT2D eigenvalue weighted by Crippen LogP contribution is -2.28. The van der Waals surface area contributed by atoms with Gasteiger partial charge >= 0.3 is 0 Å². The van der Waals surface area contributed by atoms with Crippen LogP contribution in [-0.4, -0.2) is 18.1 Å². The van der Waals surface area contributed by atoms with Gasteiger partial charge in [0.2, 0.25) is 0 Å². The zero-order chi connectivity index (χ0) is 9.97. The highest BCUT2D eigenvalue weighted by atomic mass is 32.1. The van der Waals surface area contributed by atoms with Crippen LogP contribution >= 0.6 is 11.3 Å². The zero-order valence-electron chi connectivity index (χ0n) is 8.97. The zero-order valence-corrected chi connectivity index (χ0v) is 9.78. The Morgan fingerprint density at radius 2 is 2.43 bits per heavy atom. The summed E-state index contributed by atoms with van der Waals surface area (Å²) in [5.41, 5.74) is 1.26. The smallest absolute Gasteiger partial charge is 0.0928 e. The van der Waals surface area contributed by atoms with Crippen molar-refractivity contribution in [3.05, 3.63) is 15.6 Å². The number of rotatable bonds is 2. The molecule has 0 saturated carbocycles. The Labute approximate surface area is 89.8 Å². The molecule has 1 aliphatic heterocycles. The second-order valence-corrected chi connectivity index (χ2v) is 5.07. The molecule has 1 aliphatic rings. The number of hydrogen-bond acceptors (Lipinski definition) is 3. The van der Waals surface area contributed by atoms with Crippen molar-refractivity contribution in [1.29, 1.82) is 0 Å². The lowest BCUT2D eigenvalue weighted by molar-refractivity contribution is 0.464. The highest BCUT2D eigenvalue weighted by Crippen LogP contribution is 2.31. The topological polar surface area (TPSA) is 24.9 Å². The molecule has 3 heteroatoms. The van der Waals surface area contributed by atoms with Gasteiger partial charge in [0.1, 0.15) is 0 Å². The summed E-state index contributed by atoms with van der Waals surface area (Å²) in [5, 5.41) is 4.76. The summed E-state index contributed by atoms with van der Waals surface area (Å²) in [4.78, 5) is 6.12. The van der Waals surface area contributed by atoms with Crippen LogP contribution in [0.3, 0.4) is 0 Å². The first-order valence-electron chi connectivity index (χ1n) is 5.48.